The minimum atomic E-state index is 0.465. The van der Waals surface area contributed by atoms with Crippen LogP contribution in [-0.2, 0) is 6.54 Å². The van der Waals surface area contributed by atoms with Crippen molar-refractivity contribution in [3.05, 3.63) is 42.1 Å². The number of hydrogen-bond donors (Lipinski definition) is 0. The lowest BCUT2D eigenvalue weighted by molar-refractivity contribution is 0.249. The standard InChI is InChI=1S/C13H17NO/c1-10(2)14-8-12-6-4-5-7-13(12)15-9-11(14)3/h4-7,10H,3,8-9H2,1-2H3. The smallest absolute Gasteiger partial charge is 0.127 e. The molecule has 0 atom stereocenters. The molecule has 2 rings (SSSR count). The molecule has 1 aromatic carbocycles. The molecule has 0 bridgehead atoms. The fourth-order valence-corrected chi connectivity index (χ4v) is 1.86. The molecule has 0 saturated carbocycles. The van der Waals surface area contributed by atoms with Crippen molar-refractivity contribution < 1.29 is 4.74 Å². The fourth-order valence-electron chi connectivity index (χ4n) is 1.86. The summed E-state index contributed by atoms with van der Waals surface area (Å²) in [5.74, 6) is 0.988. The van der Waals surface area contributed by atoms with Crippen molar-refractivity contribution in [2.45, 2.75) is 26.4 Å². The Balaban J connectivity index is 2.31. The van der Waals surface area contributed by atoms with Gasteiger partial charge in [0.15, 0.2) is 0 Å². The quantitative estimate of drug-likeness (QED) is 0.696. The first-order valence-corrected chi connectivity index (χ1v) is 5.33. The van der Waals surface area contributed by atoms with Gasteiger partial charge in [0, 0.05) is 23.8 Å². The van der Waals surface area contributed by atoms with E-state index in [0.29, 0.717) is 12.6 Å². The number of ether oxygens (including phenoxy) is 1. The van der Waals surface area contributed by atoms with Crippen LogP contribution in [0.15, 0.2) is 36.5 Å². The summed E-state index contributed by atoms with van der Waals surface area (Å²) in [6.45, 7) is 9.91. The van der Waals surface area contributed by atoms with E-state index in [2.05, 4.69) is 37.5 Å². The van der Waals surface area contributed by atoms with E-state index in [1.807, 2.05) is 12.1 Å². The van der Waals surface area contributed by atoms with Crippen molar-refractivity contribution in [2.75, 3.05) is 6.61 Å². The maximum absolute atomic E-state index is 5.70. The molecule has 1 aliphatic heterocycles. The third-order valence-electron chi connectivity index (χ3n) is 2.74. The summed E-state index contributed by atoms with van der Waals surface area (Å²) in [6, 6.07) is 8.66. The Hall–Kier alpha value is -1.44. The first-order valence-electron chi connectivity index (χ1n) is 5.33. The molecule has 80 valence electrons. The van der Waals surface area contributed by atoms with Crippen LogP contribution in [0, 0.1) is 0 Å². The zero-order chi connectivity index (χ0) is 10.8. The second kappa shape index (κ2) is 3.97. The number of fused-ring (bicyclic) bond motifs is 1. The largest absolute Gasteiger partial charge is 0.487 e. The van der Waals surface area contributed by atoms with Gasteiger partial charge >= 0.3 is 0 Å². The molecule has 1 heterocycles. The summed E-state index contributed by atoms with van der Waals surface area (Å²) in [5, 5.41) is 0. The van der Waals surface area contributed by atoms with Crippen LogP contribution in [0.3, 0.4) is 0 Å². The minimum Gasteiger partial charge on any atom is -0.487 e. The molecular weight excluding hydrogens is 186 g/mol. The van der Waals surface area contributed by atoms with Gasteiger partial charge in [-0.2, -0.15) is 0 Å². The van der Waals surface area contributed by atoms with E-state index in [0.717, 1.165) is 18.0 Å². The Bertz CT molecular complexity index is 371. The number of rotatable bonds is 1. The highest BCUT2D eigenvalue weighted by atomic mass is 16.5. The van der Waals surface area contributed by atoms with Crippen molar-refractivity contribution in [3.63, 3.8) is 0 Å². The zero-order valence-corrected chi connectivity index (χ0v) is 9.36. The summed E-state index contributed by atoms with van der Waals surface area (Å²) in [4.78, 5) is 2.28. The molecular formula is C13H17NO. The normalized spacial score (nSPS) is 15.9. The van der Waals surface area contributed by atoms with Gasteiger partial charge in [-0.05, 0) is 19.9 Å². The average Bonchev–Trinajstić information content (AvgIpc) is 2.39. The lowest BCUT2D eigenvalue weighted by Gasteiger charge is -2.28. The third kappa shape index (κ3) is 1.99. The SMILES string of the molecule is C=C1COc2ccccc2CN1C(C)C. The summed E-state index contributed by atoms with van der Waals surface area (Å²) in [7, 11) is 0. The average molecular weight is 203 g/mol. The molecule has 1 aromatic rings. The second-order valence-electron chi connectivity index (χ2n) is 4.18. The van der Waals surface area contributed by atoms with Crippen LogP contribution in [-0.4, -0.2) is 17.5 Å². The Kier molecular flexibility index (Phi) is 2.67. The third-order valence-corrected chi connectivity index (χ3v) is 2.74. The first-order chi connectivity index (χ1) is 7.18. The van der Waals surface area contributed by atoms with Gasteiger partial charge in [-0.15, -0.1) is 0 Å². The predicted octanol–water partition coefficient (Wildman–Crippen LogP) is 2.80. The number of nitrogens with zero attached hydrogens (tertiary/aromatic N) is 1. The van der Waals surface area contributed by atoms with E-state index in [-0.39, 0.29) is 0 Å². The molecule has 15 heavy (non-hydrogen) atoms. The lowest BCUT2D eigenvalue weighted by Crippen LogP contribution is -2.29. The Morgan fingerprint density at radius 2 is 2.07 bits per heavy atom. The van der Waals surface area contributed by atoms with Crippen molar-refractivity contribution in [2.24, 2.45) is 0 Å². The number of para-hydroxylation sites is 1. The van der Waals surface area contributed by atoms with E-state index in [1.165, 1.54) is 5.56 Å². The molecule has 0 N–H and O–H groups in total. The van der Waals surface area contributed by atoms with Gasteiger partial charge in [0.05, 0.1) is 0 Å². The molecule has 0 aliphatic carbocycles. The molecule has 0 amide bonds. The van der Waals surface area contributed by atoms with E-state index in [9.17, 15) is 0 Å². The van der Waals surface area contributed by atoms with Gasteiger partial charge in [-0.25, -0.2) is 0 Å². The first kappa shape index (κ1) is 10.1. The molecule has 0 fully saturated rings. The van der Waals surface area contributed by atoms with Gasteiger partial charge in [-0.3, -0.25) is 0 Å². The van der Waals surface area contributed by atoms with Crippen molar-refractivity contribution in [3.8, 4) is 5.75 Å². The molecule has 0 radical (unpaired) electrons. The monoisotopic (exact) mass is 203 g/mol. The molecule has 0 aromatic heterocycles. The summed E-state index contributed by atoms with van der Waals surface area (Å²) in [6.07, 6.45) is 0. The molecule has 1 aliphatic rings. The summed E-state index contributed by atoms with van der Waals surface area (Å²) < 4.78 is 5.70. The van der Waals surface area contributed by atoms with Gasteiger partial charge in [0.2, 0.25) is 0 Å². The molecule has 0 unspecified atom stereocenters. The van der Waals surface area contributed by atoms with Crippen LogP contribution in [0.4, 0.5) is 0 Å². The van der Waals surface area contributed by atoms with Crippen LogP contribution in [0.2, 0.25) is 0 Å². The van der Waals surface area contributed by atoms with Crippen molar-refractivity contribution in [1.82, 2.24) is 4.90 Å². The molecule has 2 heteroatoms. The molecule has 2 nitrogen and oxygen atoms in total. The highest BCUT2D eigenvalue weighted by Gasteiger charge is 2.18. The van der Waals surface area contributed by atoms with E-state index >= 15 is 0 Å². The lowest BCUT2D eigenvalue weighted by atomic mass is 10.1. The maximum atomic E-state index is 5.70. The van der Waals surface area contributed by atoms with Crippen molar-refractivity contribution >= 4 is 0 Å². The van der Waals surface area contributed by atoms with Crippen LogP contribution < -0.4 is 4.74 Å². The van der Waals surface area contributed by atoms with Crippen LogP contribution in [0.1, 0.15) is 19.4 Å². The van der Waals surface area contributed by atoms with Gasteiger partial charge < -0.3 is 9.64 Å². The molecule has 0 spiro atoms. The Labute approximate surface area is 91.2 Å². The van der Waals surface area contributed by atoms with Gasteiger partial charge in [-0.1, -0.05) is 24.8 Å². The Morgan fingerprint density at radius 3 is 2.80 bits per heavy atom. The van der Waals surface area contributed by atoms with Crippen molar-refractivity contribution in [1.29, 1.82) is 0 Å². The Morgan fingerprint density at radius 1 is 1.33 bits per heavy atom. The van der Waals surface area contributed by atoms with Crippen LogP contribution >= 0.6 is 0 Å². The highest BCUT2D eigenvalue weighted by molar-refractivity contribution is 5.35. The van der Waals surface area contributed by atoms with Crippen LogP contribution in [0.25, 0.3) is 0 Å². The topological polar surface area (TPSA) is 12.5 Å². The minimum absolute atomic E-state index is 0.465. The maximum Gasteiger partial charge on any atom is 0.127 e. The van der Waals surface area contributed by atoms with Crippen LogP contribution in [0.5, 0.6) is 5.75 Å². The van der Waals surface area contributed by atoms with E-state index in [1.54, 1.807) is 0 Å². The zero-order valence-electron chi connectivity index (χ0n) is 9.36. The highest BCUT2D eigenvalue weighted by Crippen LogP contribution is 2.26. The fraction of sp³-hybridized carbons (Fsp3) is 0.385. The second-order valence-corrected chi connectivity index (χ2v) is 4.18. The van der Waals surface area contributed by atoms with Gasteiger partial charge in [0.25, 0.3) is 0 Å². The van der Waals surface area contributed by atoms with Gasteiger partial charge in [0.1, 0.15) is 12.4 Å². The van der Waals surface area contributed by atoms with E-state index in [4.69, 9.17) is 4.74 Å². The molecule has 0 saturated heterocycles. The number of hydrogen-bond acceptors (Lipinski definition) is 2. The predicted molar refractivity (Wildman–Crippen MR) is 61.8 cm³/mol. The number of benzene rings is 1. The summed E-state index contributed by atoms with van der Waals surface area (Å²) in [5.41, 5.74) is 2.30. The summed E-state index contributed by atoms with van der Waals surface area (Å²) >= 11 is 0. The van der Waals surface area contributed by atoms with E-state index < -0.39 is 0 Å².